The van der Waals surface area contributed by atoms with E-state index >= 15 is 0 Å². The first-order valence-corrected chi connectivity index (χ1v) is 8.15. The Morgan fingerprint density at radius 3 is 2.50 bits per heavy atom. The van der Waals surface area contributed by atoms with Crippen molar-refractivity contribution in [2.45, 2.75) is 32.0 Å². The average molecular weight is 356 g/mol. The molecule has 0 spiro atoms. The highest BCUT2D eigenvalue weighted by atomic mass is 16.5. The molecule has 6 heteroatoms. The molecule has 136 valence electrons. The molecule has 0 saturated carbocycles. The Bertz CT molecular complexity index is 868. The minimum Gasteiger partial charge on any atom is -0.508 e. The summed E-state index contributed by atoms with van der Waals surface area (Å²) in [5.41, 5.74) is 0.168. The van der Waals surface area contributed by atoms with Crippen molar-refractivity contribution in [1.29, 1.82) is 0 Å². The predicted molar refractivity (Wildman–Crippen MR) is 95.0 cm³/mol. The van der Waals surface area contributed by atoms with Gasteiger partial charge < -0.3 is 25.2 Å². The molecular formula is C20H20O6. The highest BCUT2D eigenvalue weighted by Crippen LogP contribution is 2.40. The molecule has 0 radical (unpaired) electrons. The van der Waals surface area contributed by atoms with Crippen molar-refractivity contribution in [3.05, 3.63) is 65.0 Å². The molecule has 1 aliphatic carbocycles. The number of carbonyl (C=O) groups excluding carboxylic acids is 1. The third kappa shape index (κ3) is 3.29. The van der Waals surface area contributed by atoms with E-state index in [1.54, 1.807) is 24.3 Å². The fraction of sp³-hybridized carbons (Fsp3) is 0.250. The Labute approximate surface area is 150 Å². The average Bonchev–Trinajstić information content (AvgIpc) is 2.57. The molecule has 0 bridgehead atoms. The minimum atomic E-state index is -1.59. The molecule has 0 fully saturated rings. The maximum absolute atomic E-state index is 12.4. The summed E-state index contributed by atoms with van der Waals surface area (Å²) in [6.07, 6.45) is 6.97. The highest BCUT2D eigenvalue weighted by Gasteiger charge is 2.36. The fourth-order valence-electron chi connectivity index (χ4n) is 2.81. The van der Waals surface area contributed by atoms with Crippen LogP contribution in [0, 0.1) is 0 Å². The summed E-state index contributed by atoms with van der Waals surface area (Å²) in [5, 5.41) is 40.2. The second-order valence-electron chi connectivity index (χ2n) is 6.67. The van der Waals surface area contributed by atoms with Crippen LogP contribution in [0.25, 0.3) is 0 Å². The molecule has 4 N–H and O–H groups in total. The summed E-state index contributed by atoms with van der Waals surface area (Å²) in [6.45, 7) is 3.88. The number of aromatic hydroxyl groups is 2. The van der Waals surface area contributed by atoms with Crippen LogP contribution in [0.4, 0.5) is 0 Å². The zero-order chi connectivity index (χ0) is 19.1. The van der Waals surface area contributed by atoms with Crippen LogP contribution in [0.3, 0.4) is 0 Å². The number of fused-ring (bicyclic) bond motifs is 1. The van der Waals surface area contributed by atoms with Crippen molar-refractivity contribution in [2.24, 2.45) is 0 Å². The van der Waals surface area contributed by atoms with Crippen molar-refractivity contribution in [3.8, 4) is 17.2 Å². The molecule has 0 amide bonds. The normalized spacial score (nSPS) is 24.3. The lowest BCUT2D eigenvalue weighted by Crippen LogP contribution is -2.32. The van der Waals surface area contributed by atoms with Crippen LogP contribution < -0.4 is 4.74 Å². The van der Waals surface area contributed by atoms with Gasteiger partial charge in [-0.25, -0.2) is 0 Å². The lowest BCUT2D eigenvalue weighted by atomic mass is 9.89. The summed E-state index contributed by atoms with van der Waals surface area (Å²) < 4.78 is 5.57. The van der Waals surface area contributed by atoms with Crippen molar-refractivity contribution >= 4 is 5.78 Å². The van der Waals surface area contributed by atoms with Crippen LogP contribution in [0.5, 0.6) is 17.2 Å². The minimum absolute atomic E-state index is 0.0238. The summed E-state index contributed by atoms with van der Waals surface area (Å²) >= 11 is 0. The standard InChI is InChI=1S/C20H20O6/c1-11(2)3-6-20(25)7-4-12(5-8-20)19-18(24)17(23)16-14(22)9-13(21)10-15(16)26-19/h3-5,7-10,18,21-22,24-25H,6H2,1-2H3. The van der Waals surface area contributed by atoms with E-state index in [9.17, 15) is 25.2 Å². The number of phenols is 2. The molecule has 3 rings (SSSR count). The summed E-state index contributed by atoms with van der Waals surface area (Å²) in [5.74, 6) is -1.50. The Morgan fingerprint density at radius 2 is 1.88 bits per heavy atom. The summed E-state index contributed by atoms with van der Waals surface area (Å²) in [4.78, 5) is 12.4. The second kappa shape index (κ2) is 6.48. The highest BCUT2D eigenvalue weighted by molar-refractivity contribution is 6.07. The van der Waals surface area contributed by atoms with Gasteiger partial charge in [0, 0.05) is 24.1 Å². The van der Waals surface area contributed by atoms with Crippen molar-refractivity contribution in [3.63, 3.8) is 0 Å². The number of benzene rings is 1. The first-order chi connectivity index (χ1) is 12.2. The van der Waals surface area contributed by atoms with Gasteiger partial charge in [0.1, 0.15) is 34.2 Å². The van der Waals surface area contributed by atoms with Gasteiger partial charge in [-0.2, -0.15) is 0 Å². The van der Waals surface area contributed by atoms with Gasteiger partial charge in [-0.3, -0.25) is 4.79 Å². The molecule has 0 aromatic heterocycles. The van der Waals surface area contributed by atoms with E-state index in [-0.39, 0.29) is 22.8 Å². The van der Waals surface area contributed by atoms with E-state index in [2.05, 4.69) is 0 Å². The van der Waals surface area contributed by atoms with Gasteiger partial charge in [0.05, 0.1) is 0 Å². The van der Waals surface area contributed by atoms with Gasteiger partial charge in [-0.05, 0) is 26.0 Å². The molecule has 1 aliphatic heterocycles. The third-order valence-corrected chi connectivity index (χ3v) is 4.25. The first kappa shape index (κ1) is 18.0. The number of ketones is 1. The maximum Gasteiger partial charge on any atom is 0.206 e. The van der Waals surface area contributed by atoms with E-state index in [0.717, 1.165) is 11.6 Å². The van der Waals surface area contributed by atoms with Crippen LogP contribution in [0.1, 0.15) is 30.6 Å². The van der Waals surface area contributed by atoms with Gasteiger partial charge >= 0.3 is 0 Å². The SMILES string of the molecule is CC(C)=CCC1(O)C=CC(=C2Oc3cc(O)cc(O)c3C(=O)C2O)C=C1. The Balaban J connectivity index is 1.96. The van der Waals surface area contributed by atoms with Gasteiger partial charge in [-0.15, -0.1) is 0 Å². The van der Waals surface area contributed by atoms with Crippen LogP contribution in [-0.2, 0) is 0 Å². The topological polar surface area (TPSA) is 107 Å². The lowest BCUT2D eigenvalue weighted by Gasteiger charge is -2.27. The zero-order valence-electron chi connectivity index (χ0n) is 14.4. The molecule has 1 aromatic rings. The monoisotopic (exact) mass is 356 g/mol. The van der Waals surface area contributed by atoms with Crippen LogP contribution in [0.2, 0.25) is 0 Å². The van der Waals surface area contributed by atoms with E-state index in [1.807, 2.05) is 19.9 Å². The van der Waals surface area contributed by atoms with E-state index in [4.69, 9.17) is 4.74 Å². The Hall–Kier alpha value is -2.83. The smallest absolute Gasteiger partial charge is 0.206 e. The predicted octanol–water partition coefficient (Wildman–Crippen LogP) is 2.50. The second-order valence-corrected chi connectivity index (χ2v) is 6.67. The van der Waals surface area contributed by atoms with Gasteiger partial charge in [0.25, 0.3) is 0 Å². The summed E-state index contributed by atoms with van der Waals surface area (Å²) in [6, 6.07) is 2.20. The quantitative estimate of drug-likeness (QED) is 0.607. The number of aliphatic hydroxyl groups excluding tert-OH is 1. The molecular weight excluding hydrogens is 336 g/mol. The largest absolute Gasteiger partial charge is 0.508 e. The number of hydrogen-bond donors (Lipinski definition) is 4. The summed E-state index contributed by atoms with van der Waals surface area (Å²) in [7, 11) is 0. The van der Waals surface area contributed by atoms with E-state index in [1.165, 1.54) is 6.07 Å². The fourth-order valence-corrected chi connectivity index (χ4v) is 2.81. The molecule has 2 aliphatic rings. The number of Topliss-reactive ketones (excluding diaryl/α,β-unsaturated/α-hetero) is 1. The molecule has 1 heterocycles. The van der Waals surface area contributed by atoms with Gasteiger partial charge in [0.15, 0.2) is 6.10 Å². The first-order valence-electron chi connectivity index (χ1n) is 8.15. The Kier molecular flexibility index (Phi) is 4.48. The number of allylic oxidation sites excluding steroid dienone is 4. The number of hydrogen-bond acceptors (Lipinski definition) is 6. The maximum atomic E-state index is 12.4. The third-order valence-electron chi connectivity index (χ3n) is 4.25. The molecule has 26 heavy (non-hydrogen) atoms. The molecule has 1 atom stereocenters. The van der Waals surface area contributed by atoms with E-state index < -0.39 is 23.2 Å². The van der Waals surface area contributed by atoms with Gasteiger partial charge in [-0.1, -0.05) is 23.8 Å². The van der Waals surface area contributed by atoms with Crippen LogP contribution >= 0.6 is 0 Å². The van der Waals surface area contributed by atoms with Crippen LogP contribution in [0.15, 0.2) is 59.4 Å². The van der Waals surface area contributed by atoms with E-state index in [0.29, 0.717) is 12.0 Å². The number of carbonyl (C=O) groups is 1. The Morgan fingerprint density at radius 1 is 1.23 bits per heavy atom. The zero-order valence-corrected chi connectivity index (χ0v) is 14.4. The van der Waals surface area contributed by atoms with Gasteiger partial charge in [0.2, 0.25) is 5.78 Å². The van der Waals surface area contributed by atoms with Crippen molar-refractivity contribution in [2.75, 3.05) is 0 Å². The molecule has 6 nitrogen and oxygen atoms in total. The molecule has 0 saturated heterocycles. The number of rotatable bonds is 2. The number of ether oxygens (including phenoxy) is 1. The van der Waals surface area contributed by atoms with Crippen molar-refractivity contribution < 1.29 is 30.0 Å². The van der Waals surface area contributed by atoms with Crippen LogP contribution in [-0.4, -0.2) is 37.9 Å². The van der Waals surface area contributed by atoms with Crippen molar-refractivity contribution in [1.82, 2.24) is 0 Å². The lowest BCUT2D eigenvalue weighted by molar-refractivity contribution is 0.0697. The molecule has 1 unspecified atom stereocenters. The number of aliphatic hydroxyl groups is 2. The number of phenolic OH excluding ortho intramolecular Hbond substituents is 2. The molecule has 1 aromatic carbocycles.